The maximum Gasteiger partial charge on any atom is 0.223 e. The van der Waals surface area contributed by atoms with Crippen LogP contribution in [0.3, 0.4) is 0 Å². The van der Waals surface area contributed by atoms with Crippen LogP contribution in [0, 0.1) is 11.3 Å². The second kappa shape index (κ2) is 2.96. The summed E-state index contributed by atoms with van der Waals surface area (Å²) in [5, 5.41) is 2.70. The third kappa shape index (κ3) is 1.45. The predicted molar refractivity (Wildman–Crippen MR) is 48.0 cm³/mol. The number of carbonyl (C=O) groups is 1. The van der Waals surface area contributed by atoms with Gasteiger partial charge in [-0.15, -0.1) is 0 Å². The van der Waals surface area contributed by atoms with Crippen LogP contribution in [0.4, 0.5) is 4.39 Å². The summed E-state index contributed by atoms with van der Waals surface area (Å²) in [6.07, 6.45) is 4.71. The largest absolute Gasteiger partial charge is 0.351 e. The summed E-state index contributed by atoms with van der Waals surface area (Å²) in [6, 6.07) is -0.315. The molecule has 13 heavy (non-hydrogen) atoms. The summed E-state index contributed by atoms with van der Waals surface area (Å²) in [5.41, 5.74) is 0.361. The van der Waals surface area contributed by atoms with Crippen molar-refractivity contribution in [3.63, 3.8) is 0 Å². The van der Waals surface area contributed by atoms with E-state index in [9.17, 15) is 9.18 Å². The molecule has 2 aliphatic carbocycles. The number of hydrogen-bond acceptors (Lipinski definition) is 1. The van der Waals surface area contributed by atoms with Crippen molar-refractivity contribution in [3.05, 3.63) is 0 Å². The summed E-state index contributed by atoms with van der Waals surface area (Å²) >= 11 is 0. The van der Waals surface area contributed by atoms with Crippen molar-refractivity contribution in [3.8, 4) is 0 Å². The lowest BCUT2D eigenvalue weighted by Gasteiger charge is -2.26. The van der Waals surface area contributed by atoms with Crippen molar-refractivity contribution >= 4 is 5.91 Å². The number of hydrogen-bond donors (Lipinski definition) is 1. The van der Waals surface area contributed by atoms with Gasteiger partial charge in [0.05, 0.1) is 6.04 Å². The Balaban J connectivity index is 1.79. The average Bonchev–Trinajstić information content (AvgIpc) is 2.77. The molecule has 2 rings (SSSR count). The first-order valence-electron chi connectivity index (χ1n) is 5.04. The fourth-order valence-electron chi connectivity index (χ4n) is 2.28. The fourth-order valence-corrected chi connectivity index (χ4v) is 2.28. The van der Waals surface area contributed by atoms with Gasteiger partial charge in [0.15, 0.2) is 0 Å². The van der Waals surface area contributed by atoms with Crippen molar-refractivity contribution in [1.29, 1.82) is 0 Å². The zero-order chi connectivity index (χ0) is 9.47. The highest BCUT2D eigenvalue weighted by Crippen LogP contribution is 2.65. The van der Waals surface area contributed by atoms with Crippen LogP contribution in [0.1, 0.15) is 32.6 Å². The van der Waals surface area contributed by atoms with E-state index < -0.39 is 6.67 Å². The first-order valence-corrected chi connectivity index (χ1v) is 5.04. The van der Waals surface area contributed by atoms with E-state index in [-0.39, 0.29) is 17.9 Å². The average molecular weight is 185 g/mol. The van der Waals surface area contributed by atoms with Gasteiger partial charge in [-0.25, -0.2) is 4.39 Å². The number of alkyl halides is 1. The molecule has 0 saturated heterocycles. The topological polar surface area (TPSA) is 29.1 Å². The first-order chi connectivity index (χ1) is 6.18. The monoisotopic (exact) mass is 185 g/mol. The highest BCUT2D eigenvalue weighted by atomic mass is 19.1. The Morgan fingerprint density at radius 1 is 1.69 bits per heavy atom. The minimum atomic E-state index is -0.467. The summed E-state index contributed by atoms with van der Waals surface area (Å²) in [5.74, 6) is 0.278. The number of rotatable bonds is 3. The molecule has 0 aromatic rings. The molecule has 0 heterocycles. The zero-order valence-corrected chi connectivity index (χ0v) is 7.98. The lowest BCUT2D eigenvalue weighted by molar-refractivity contribution is -0.124. The third-order valence-electron chi connectivity index (χ3n) is 3.48. The van der Waals surface area contributed by atoms with Crippen molar-refractivity contribution in [2.45, 2.75) is 38.6 Å². The maximum atomic E-state index is 12.1. The normalized spacial score (nSPS) is 30.8. The Labute approximate surface area is 77.9 Å². The van der Waals surface area contributed by atoms with Crippen LogP contribution in [0.15, 0.2) is 0 Å². The molecular formula is C10H16FNO. The molecule has 74 valence electrons. The second-order valence-corrected chi connectivity index (χ2v) is 4.54. The van der Waals surface area contributed by atoms with Crippen LogP contribution in [0.5, 0.6) is 0 Å². The Hall–Kier alpha value is -0.600. The molecule has 3 heteroatoms. The summed E-state index contributed by atoms with van der Waals surface area (Å²) in [6.45, 7) is 1.24. The molecule has 2 unspecified atom stereocenters. The fraction of sp³-hybridized carbons (Fsp3) is 0.900. The van der Waals surface area contributed by atoms with E-state index in [1.807, 2.05) is 0 Å². The maximum absolute atomic E-state index is 12.1. The molecule has 2 nitrogen and oxygen atoms in total. The van der Waals surface area contributed by atoms with Crippen LogP contribution in [0.25, 0.3) is 0 Å². The molecular weight excluding hydrogens is 169 g/mol. The highest BCUT2D eigenvalue weighted by Gasteiger charge is 2.60. The van der Waals surface area contributed by atoms with Crippen LogP contribution >= 0.6 is 0 Å². The standard InChI is InChI=1S/C10H16FNO/c1-7(6-11)12-9(13)8-5-10(8)3-2-4-10/h7-8H,2-6H2,1H3,(H,12,13). The molecule has 0 bridgehead atoms. The minimum Gasteiger partial charge on any atom is -0.351 e. The van der Waals surface area contributed by atoms with Crippen LogP contribution < -0.4 is 5.32 Å². The molecule has 0 aromatic heterocycles. The summed E-state index contributed by atoms with van der Waals surface area (Å²) < 4.78 is 12.1. The van der Waals surface area contributed by atoms with Crippen molar-refractivity contribution in [2.75, 3.05) is 6.67 Å². The molecule has 1 amide bonds. The SMILES string of the molecule is CC(CF)NC(=O)C1CC12CCC2. The van der Waals surface area contributed by atoms with E-state index in [0.717, 1.165) is 6.42 Å². The smallest absolute Gasteiger partial charge is 0.223 e. The van der Waals surface area contributed by atoms with E-state index in [0.29, 0.717) is 5.41 Å². The number of halogens is 1. The molecule has 0 aliphatic heterocycles. The lowest BCUT2D eigenvalue weighted by atomic mass is 9.79. The second-order valence-electron chi connectivity index (χ2n) is 4.54. The van der Waals surface area contributed by atoms with Gasteiger partial charge in [0.1, 0.15) is 6.67 Å². The predicted octanol–water partition coefficient (Wildman–Crippen LogP) is 1.65. The molecule has 2 saturated carbocycles. The summed E-state index contributed by atoms with van der Waals surface area (Å²) in [4.78, 5) is 11.5. The molecule has 1 N–H and O–H groups in total. The summed E-state index contributed by atoms with van der Waals surface area (Å²) in [7, 11) is 0. The quantitative estimate of drug-likeness (QED) is 0.711. The molecule has 0 radical (unpaired) electrons. The van der Waals surface area contributed by atoms with Crippen molar-refractivity contribution in [2.24, 2.45) is 11.3 Å². The van der Waals surface area contributed by atoms with Crippen molar-refractivity contribution in [1.82, 2.24) is 5.32 Å². The van der Waals surface area contributed by atoms with Gasteiger partial charge in [-0.3, -0.25) is 4.79 Å². The van der Waals surface area contributed by atoms with E-state index >= 15 is 0 Å². The lowest BCUT2D eigenvalue weighted by Crippen LogP contribution is -2.37. The van der Waals surface area contributed by atoms with E-state index in [4.69, 9.17) is 0 Å². The molecule has 2 atom stereocenters. The third-order valence-corrected chi connectivity index (χ3v) is 3.48. The molecule has 2 aliphatic rings. The van der Waals surface area contributed by atoms with E-state index in [1.165, 1.54) is 19.3 Å². The zero-order valence-electron chi connectivity index (χ0n) is 7.98. The Morgan fingerprint density at radius 2 is 2.38 bits per heavy atom. The van der Waals surface area contributed by atoms with Gasteiger partial charge in [0.25, 0.3) is 0 Å². The molecule has 2 fully saturated rings. The van der Waals surface area contributed by atoms with Crippen molar-refractivity contribution < 1.29 is 9.18 Å². The van der Waals surface area contributed by atoms with Gasteiger partial charge in [-0.1, -0.05) is 6.42 Å². The van der Waals surface area contributed by atoms with Crippen LogP contribution in [-0.4, -0.2) is 18.6 Å². The Kier molecular flexibility index (Phi) is 2.05. The molecule has 0 aromatic carbocycles. The van der Waals surface area contributed by atoms with Gasteiger partial charge in [0.2, 0.25) is 5.91 Å². The Bertz CT molecular complexity index is 225. The van der Waals surface area contributed by atoms with Crippen LogP contribution in [0.2, 0.25) is 0 Å². The van der Waals surface area contributed by atoms with Gasteiger partial charge in [-0.2, -0.15) is 0 Å². The number of carbonyl (C=O) groups excluding carboxylic acids is 1. The number of nitrogens with one attached hydrogen (secondary N) is 1. The minimum absolute atomic E-state index is 0.0739. The Morgan fingerprint density at radius 3 is 2.77 bits per heavy atom. The first kappa shape index (κ1) is 8.97. The molecule has 1 spiro atoms. The highest BCUT2D eigenvalue weighted by molar-refractivity contribution is 5.83. The van der Waals surface area contributed by atoms with E-state index in [1.54, 1.807) is 6.92 Å². The van der Waals surface area contributed by atoms with Gasteiger partial charge in [0, 0.05) is 5.92 Å². The van der Waals surface area contributed by atoms with Crippen LogP contribution in [-0.2, 0) is 4.79 Å². The van der Waals surface area contributed by atoms with E-state index in [2.05, 4.69) is 5.32 Å². The van der Waals surface area contributed by atoms with Gasteiger partial charge in [-0.05, 0) is 31.6 Å². The van der Waals surface area contributed by atoms with Gasteiger partial charge < -0.3 is 5.32 Å². The number of amides is 1. The van der Waals surface area contributed by atoms with Gasteiger partial charge >= 0.3 is 0 Å².